The molecule has 23 heavy (non-hydrogen) atoms. The van der Waals surface area contributed by atoms with E-state index in [1.165, 1.54) is 33.7 Å². The fraction of sp³-hybridized carbons (Fsp3) is 0.200. The minimum atomic E-state index is -2.85. The van der Waals surface area contributed by atoms with E-state index >= 15 is 0 Å². The standard InChI is InChI=1S/C15H12F2N2O2S2/c1-19-13(20)12-11(5-6-22-12)18-15(19)23-8-9-3-2-4-10(7-9)21-14(16)17/h2-7,14H,8H2,1H3. The lowest BCUT2D eigenvalue weighted by molar-refractivity contribution is -0.0498. The minimum absolute atomic E-state index is 0.0812. The van der Waals surface area contributed by atoms with Gasteiger partial charge in [-0.1, -0.05) is 23.9 Å². The second-order valence-electron chi connectivity index (χ2n) is 4.71. The zero-order chi connectivity index (χ0) is 16.4. The summed E-state index contributed by atoms with van der Waals surface area (Å²) in [5.74, 6) is 0.615. The molecular formula is C15H12F2N2O2S2. The molecule has 0 saturated heterocycles. The number of nitrogens with zero attached hydrogens (tertiary/aromatic N) is 2. The maximum Gasteiger partial charge on any atom is 0.387 e. The lowest BCUT2D eigenvalue weighted by Crippen LogP contribution is -2.18. The van der Waals surface area contributed by atoms with Crippen molar-refractivity contribution < 1.29 is 13.5 Å². The maximum atomic E-state index is 12.2. The van der Waals surface area contributed by atoms with Crippen LogP contribution in [-0.2, 0) is 12.8 Å². The number of alkyl halides is 2. The van der Waals surface area contributed by atoms with Gasteiger partial charge in [0.1, 0.15) is 10.4 Å². The number of hydrogen-bond acceptors (Lipinski definition) is 5. The van der Waals surface area contributed by atoms with Gasteiger partial charge in [-0.2, -0.15) is 8.78 Å². The van der Waals surface area contributed by atoms with Gasteiger partial charge in [-0.3, -0.25) is 9.36 Å². The van der Waals surface area contributed by atoms with E-state index in [-0.39, 0.29) is 11.3 Å². The zero-order valence-electron chi connectivity index (χ0n) is 12.0. The quantitative estimate of drug-likeness (QED) is 0.515. The van der Waals surface area contributed by atoms with Crippen LogP contribution >= 0.6 is 23.1 Å². The molecule has 4 nitrogen and oxygen atoms in total. The highest BCUT2D eigenvalue weighted by Gasteiger charge is 2.10. The van der Waals surface area contributed by atoms with Crippen molar-refractivity contribution in [3.05, 3.63) is 51.6 Å². The minimum Gasteiger partial charge on any atom is -0.435 e. The number of fused-ring (bicyclic) bond motifs is 1. The summed E-state index contributed by atoms with van der Waals surface area (Å²) in [6.07, 6.45) is 0. The molecule has 1 aromatic carbocycles. The maximum absolute atomic E-state index is 12.2. The molecule has 0 spiro atoms. The van der Waals surface area contributed by atoms with Crippen LogP contribution in [0.2, 0.25) is 0 Å². The Balaban J connectivity index is 1.81. The van der Waals surface area contributed by atoms with E-state index in [1.54, 1.807) is 19.2 Å². The molecule has 8 heteroatoms. The van der Waals surface area contributed by atoms with Crippen LogP contribution in [0, 0.1) is 0 Å². The van der Waals surface area contributed by atoms with E-state index in [0.717, 1.165) is 5.56 Å². The Morgan fingerprint density at radius 1 is 1.39 bits per heavy atom. The third kappa shape index (κ3) is 3.53. The molecule has 3 rings (SSSR count). The molecule has 0 saturated carbocycles. The second kappa shape index (κ2) is 6.67. The lowest BCUT2D eigenvalue weighted by Gasteiger charge is -2.08. The van der Waals surface area contributed by atoms with Gasteiger partial charge in [-0.25, -0.2) is 4.98 Å². The number of rotatable bonds is 5. The SMILES string of the molecule is Cn1c(SCc2cccc(OC(F)F)c2)nc2ccsc2c1=O. The number of thiophene rings is 1. The highest BCUT2D eigenvalue weighted by molar-refractivity contribution is 7.98. The van der Waals surface area contributed by atoms with E-state index in [0.29, 0.717) is 21.1 Å². The molecule has 2 aromatic heterocycles. The van der Waals surface area contributed by atoms with E-state index in [1.807, 2.05) is 17.5 Å². The van der Waals surface area contributed by atoms with Crippen LogP contribution in [0.25, 0.3) is 10.2 Å². The lowest BCUT2D eigenvalue weighted by atomic mass is 10.2. The van der Waals surface area contributed by atoms with Crippen LogP contribution in [0.15, 0.2) is 45.7 Å². The highest BCUT2D eigenvalue weighted by Crippen LogP contribution is 2.25. The molecule has 0 amide bonds. The Hall–Kier alpha value is -1.93. The smallest absolute Gasteiger partial charge is 0.387 e. The van der Waals surface area contributed by atoms with Crippen LogP contribution in [-0.4, -0.2) is 16.2 Å². The van der Waals surface area contributed by atoms with Gasteiger partial charge in [-0.05, 0) is 29.1 Å². The molecule has 0 aliphatic heterocycles. The first-order chi connectivity index (χ1) is 11.0. The van der Waals surface area contributed by atoms with Crippen molar-refractivity contribution in [1.82, 2.24) is 9.55 Å². The van der Waals surface area contributed by atoms with E-state index in [9.17, 15) is 13.6 Å². The first-order valence-electron chi connectivity index (χ1n) is 6.65. The molecule has 120 valence electrons. The molecule has 0 aliphatic rings. The normalized spacial score (nSPS) is 11.3. The van der Waals surface area contributed by atoms with E-state index < -0.39 is 6.61 Å². The molecular weight excluding hydrogens is 342 g/mol. The third-order valence-electron chi connectivity index (χ3n) is 3.14. The van der Waals surface area contributed by atoms with E-state index in [4.69, 9.17) is 0 Å². The molecule has 0 radical (unpaired) electrons. The van der Waals surface area contributed by atoms with Crippen LogP contribution in [0.1, 0.15) is 5.56 Å². The number of benzene rings is 1. The van der Waals surface area contributed by atoms with Crippen LogP contribution in [0.4, 0.5) is 8.78 Å². The summed E-state index contributed by atoms with van der Waals surface area (Å²) >= 11 is 2.74. The van der Waals surface area contributed by atoms with Gasteiger partial charge in [0.05, 0.1) is 5.52 Å². The van der Waals surface area contributed by atoms with Crippen LogP contribution < -0.4 is 10.3 Å². The number of aromatic nitrogens is 2. The zero-order valence-corrected chi connectivity index (χ0v) is 13.7. The fourth-order valence-corrected chi connectivity index (χ4v) is 3.78. The molecule has 0 N–H and O–H groups in total. The topological polar surface area (TPSA) is 44.1 Å². The Labute approximate surface area is 138 Å². The molecule has 2 heterocycles. The van der Waals surface area contributed by atoms with Crippen LogP contribution in [0.5, 0.6) is 5.75 Å². The summed E-state index contributed by atoms with van der Waals surface area (Å²) in [6, 6.07) is 8.31. The Bertz CT molecular complexity index is 893. The van der Waals surface area contributed by atoms with Gasteiger partial charge in [-0.15, -0.1) is 11.3 Å². The van der Waals surface area contributed by atoms with Gasteiger partial charge in [0, 0.05) is 12.8 Å². The molecule has 0 aliphatic carbocycles. The van der Waals surface area contributed by atoms with Crippen molar-refractivity contribution in [2.45, 2.75) is 17.5 Å². The molecule has 0 atom stereocenters. The average molecular weight is 354 g/mol. The number of thioether (sulfide) groups is 1. The Morgan fingerprint density at radius 2 is 2.22 bits per heavy atom. The fourth-order valence-electron chi connectivity index (χ4n) is 2.06. The van der Waals surface area contributed by atoms with Gasteiger partial charge >= 0.3 is 6.61 Å². The van der Waals surface area contributed by atoms with Gasteiger partial charge in [0.25, 0.3) is 5.56 Å². The van der Waals surface area contributed by atoms with Crippen molar-refractivity contribution in [3.8, 4) is 5.75 Å². The summed E-state index contributed by atoms with van der Waals surface area (Å²) in [6.45, 7) is -2.85. The van der Waals surface area contributed by atoms with E-state index in [2.05, 4.69) is 9.72 Å². The number of hydrogen-bond donors (Lipinski definition) is 0. The van der Waals surface area contributed by atoms with Crippen LogP contribution in [0.3, 0.4) is 0 Å². The summed E-state index contributed by atoms with van der Waals surface area (Å²) in [4.78, 5) is 16.7. The third-order valence-corrected chi connectivity index (χ3v) is 5.13. The average Bonchev–Trinajstić information content (AvgIpc) is 2.98. The second-order valence-corrected chi connectivity index (χ2v) is 6.57. The first kappa shape index (κ1) is 15.9. The van der Waals surface area contributed by atoms with Crippen molar-refractivity contribution in [2.24, 2.45) is 7.05 Å². The highest BCUT2D eigenvalue weighted by atomic mass is 32.2. The van der Waals surface area contributed by atoms with Crippen molar-refractivity contribution in [3.63, 3.8) is 0 Å². The molecule has 3 aromatic rings. The first-order valence-corrected chi connectivity index (χ1v) is 8.52. The predicted molar refractivity (Wildman–Crippen MR) is 87.5 cm³/mol. The summed E-state index contributed by atoms with van der Waals surface area (Å²) in [7, 11) is 1.67. The molecule has 0 unspecified atom stereocenters. The molecule has 0 bridgehead atoms. The summed E-state index contributed by atoms with van der Waals surface area (Å²) < 4.78 is 31.0. The van der Waals surface area contributed by atoms with Crippen molar-refractivity contribution >= 4 is 33.3 Å². The van der Waals surface area contributed by atoms with Gasteiger partial charge in [0.2, 0.25) is 0 Å². The van der Waals surface area contributed by atoms with Crippen molar-refractivity contribution in [2.75, 3.05) is 0 Å². The molecule has 0 fully saturated rings. The summed E-state index contributed by atoms with van der Waals surface area (Å²) in [5, 5.41) is 2.42. The van der Waals surface area contributed by atoms with Crippen molar-refractivity contribution in [1.29, 1.82) is 0 Å². The van der Waals surface area contributed by atoms with Gasteiger partial charge in [0.15, 0.2) is 5.16 Å². The predicted octanol–water partition coefficient (Wildman–Crippen LogP) is 3.89. The van der Waals surface area contributed by atoms with Gasteiger partial charge < -0.3 is 4.74 Å². The largest absolute Gasteiger partial charge is 0.435 e. The number of halogens is 2. The monoisotopic (exact) mass is 354 g/mol. The Kier molecular flexibility index (Phi) is 4.63. The number of ether oxygens (including phenoxy) is 1. The summed E-state index contributed by atoms with van der Waals surface area (Å²) in [5.41, 5.74) is 1.41. The Morgan fingerprint density at radius 3 is 3.00 bits per heavy atom.